The number of β-amino-alcohol motifs (C(OH)–C–C–N with tert-alkyl or cyclic N) is 1. The summed E-state index contributed by atoms with van der Waals surface area (Å²) in [7, 11) is 0. The summed E-state index contributed by atoms with van der Waals surface area (Å²) in [5, 5.41) is 17.3. The summed E-state index contributed by atoms with van der Waals surface area (Å²) < 4.78 is 5.37. The van der Waals surface area contributed by atoms with E-state index in [-0.39, 0.29) is 0 Å². The van der Waals surface area contributed by atoms with Crippen LogP contribution < -0.4 is 10.6 Å². The zero-order valence-corrected chi connectivity index (χ0v) is 17.6. The van der Waals surface area contributed by atoms with Crippen LogP contribution in [0.5, 0.6) is 0 Å². The van der Waals surface area contributed by atoms with Gasteiger partial charge in [-0.2, -0.15) is 0 Å². The molecule has 0 radical (unpaired) electrons. The van der Waals surface area contributed by atoms with Gasteiger partial charge in [-0.05, 0) is 38.7 Å². The van der Waals surface area contributed by atoms with Gasteiger partial charge < -0.3 is 20.5 Å². The monoisotopic (exact) mass is 390 g/mol. The van der Waals surface area contributed by atoms with E-state index in [2.05, 4.69) is 57.8 Å². The lowest BCUT2D eigenvalue weighted by Crippen LogP contribution is -2.48. The molecular formula is C22H38N4O2. The molecule has 1 unspecified atom stereocenters. The lowest BCUT2D eigenvalue weighted by molar-refractivity contribution is -0.0179. The van der Waals surface area contributed by atoms with E-state index in [1.54, 1.807) is 0 Å². The van der Waals surface area contributed by atoms with Crippen molar-refractivity contribution in [3.8, 4) is 0 Å². The van der Waals surface area contributed by atoms with Crippen LogP contribution >= 0.6 is 0 Å². The van der Waals surface area contributed by atoms with Crippen molar-refractivity contribution in [2.45, 2.75) is 45.1 Å². The first-order valence-corrected chi connectivity index (χ1v) is 10.7. The number of ether oxygens (including phenoxy) is 1. The van der Waals surface area contributed by atoms with Crippen molar-refractivity contribution in [1.29, 1.82) is 0 Å². The largest absolute Gasteiger partial charge is 0.387 e. The number of guanidine groups is 1. The zero-order valence-electron chi connectivity index (χ0n) is 17.6. The number of benzene rings is 1. The number of nitrogens with one attached hydrogen (secondary N) is 2. The Morgan fingerprint density at radius 3 is 2.61 bits per heavy atom. The number of unbranched alkanes of at least 4 members (excludes halogenated alkanes) is 2. The molecule has 1 atom stereocenters. The summed E-state index contributed by atoms with van der Waals surface area (Å²) >= 11 is 0. The van der Waals surface area contributed by atoms with Gasteiger partial charge in [0.05, 0.1) is 25.4 Å². The molecule has 0 aromatic heterocycles. The molecule has 6 nitrogen and oxygen atoms in total. The van der Waals surface area contributed by atoms with E-state index in [0.29, 0.717) is 13.1 Å². The minimum atomic E-state index is -0.838. The molecule has 1 aromatic rings. The summed E-state index contributed by atoms with van der Waals surface area (Å²) in [5.74, 6) is 0.785. The van der Waals surface area contributed by atoms with E-state index in [1.807, 2.05) is 6.92 Å². The molecule has 28 heavy (non-hydrogen) atoms. The fourth-order valence-corrected chi connectivity index (χ4v) is 3.36. The minimum Gasteiger partial charge on any atom is -0.387 e. The van der Waals surface area contributed by atoms with Crippen LogP contribution in [0.1, 0.15) is 38.7 Å². The van der Waals surface area contributed by atoms with Crippen molar-refractivity contribution in [3.63, 3.8) is 0 Å². The normalized spacial score (nSPS) is 17.9. The van der Waals surface area contributed by atoms with Gasteiger partial charge in [-0.3, -0.25) is 9.89 Å². The summed E-state index contributed by atoms with van der Waals surface area (Å²) in [6.45, 7) is 9.87. The number of aliphatic imine (C=N–C) groups is 1. The molecule has 1 aromatic carbocycles. The first kappa shape index (κ1) is 22.7. The fourth-order valence-electron chi connectivity index (χ4n) is 3.36. The van der Waals surface area contributed by atoms with Crippen LogP contribution in [0.2, 0.25) is 0 Å². The number of nitrogens with zero attached hydrogens (tertiary/aromatic N) is 2. The van der Waals surface area contributed by atoms with E-state index in [1.165, 1.54) is 18.4 Å². The average Bonchev–Trinajstić information content (AvgIpc) is 2.70. The van der Waals surface area contributed by atoms with E-state index in [4.69, 9.17) is 4.74 Å². The maximum atomic E-state index is 10.7. The van der Waals surface area contributed by atoms with Crippen LogP contribution in [0.25, 0.3) is 0 Å². The highest BCUT2D eigenvalue weighted by atomic mass is 16.5. The highest BCUT2D eigenvalue weighted by Gasteiger charge is 2.25. The Hall–Kier alpha value is -1.63. The van der Waals surface area contributed by atoms with Crippen LogP contribution in [0, 0.1) is 0 Å². The van der Waals surface area contributed by atoms with Crippen molar-refractivity contribution in [2.75, 3.05) is 52.5 Å². The highest BCUT2D eigenvalue weighted by Crippen LogP contribution is 2.09. The van der Waals surface area contributed by atoms with Gasteiger partial charge in [-0.15, -0.1) is 0 Å². The molecule has 1 heterocycles. The molecule has 0 saturated carbocycles. The lowest BCUT2D eigenvalue weighted by atomic mass is 10.1. The zero-order chi connectivity index (χ0) is 20.1. The molecule has 6 heteroatoms. The first-order valence-electron chi connectivity index (χ1n) is 10.7. The van der Waals surface area contributed by atoms with Crippen LogP contribution in [0.3, 0.4) is 0 Å². The molecule has 1 aliphatic heterocycles. The second-order valence-electron chi connectivity index (χ2n) is 7.80. The maximum absolute atomic E-state index is 10.7. The first-order chi connectivity index (χ1) is 13.6. The SMILES string of the molecule is CCNC(=NCC(C)(O)CN1CCOCC1)NCCCCCc1ccccc1. The lowest BCUT2D eigenvalue weighted by Gasteiger charge is -2.33. The Morgan fingerprint density at radius 2 is 1.89 bits per heavy atom. The van der Waals surface area contributed by atoms with Gasteiger partial charge >= 0.3 is 0 Å². The summed E-state index contributed by atoms with van der Waals surface area (Å²) in [4.78, 5) is 6.84. The number of aryl methyl sites for hydroxylation is 1. The molecule has 3 N–H and O–H groups in total. The smallest absolute Gasteiger partial charge is 0.191 e. The Labute approximate surface area is 170 Å². The molecule has 0 amide bonds. The third-order valence-electron chi connectivity index (χ3n) is 4.87. The van der Waals surface area contributed by atoms with Crippen molar-refractivity contribution in [2.24, 2.45) is 4.99 Å². The predicted molar refractivity (Wildman–Crippen MR) is 116 cm³/mol. The van der Waals surface area contributed by atoms with E-state index in [9.17, 15) is 5.11 Å². The fraction of sp³-hybridized carbons (Fsp3) is 0.682. The van der Waals surface area contributed by atoms with Gasteiger partial charge in [-0.1, -0.05) is 36.8 Å². The van der Waals surface area contributed by atoms with Gasteiger partial charge in [0.2, 0.25) is 0 Å². The Bertz CT molecular complexity index is 557. The summed E-state index contributed by atoms with van der Waals surface area (Å²) in [6, 6.07) is 10.6. The van der Waals surface area contributed by atoms with Crippen LogP contribution in [0.15, 0.2) is 35.3 Å². The molecule has 0 spiro atoms. The molecule has 0 bridgehead atoms. The molecule has 1 fully saturated rings. The van der Waals surface area contributed by atoms with Crippen LogP contribution in [-0.2, 0) is 11.2 Å². The molecular weight excluding hydrogens is 352 g/mol. The number of aliphatic hydroxyl groups is 1. The van der Waals surface area contributed by atoms with Gasteiger partial charge in [0, 0.05) is 32.7 Å². The quantitative estimate of drug-likeness (QED) is 0.306. The van der Waals surface area contributed by atoms with E-state index < -0.39 is 5.60 Å². The Kier molecular flexibility index (Phi) is 10.3. The van der Waals surface area contributed by atoms with Crippen molar-refractivity contribution in [3.05, 3.63) is 35.9 Å². The van der Waals surface area contributed by atoms with Crippen molar-refractivity contribution >= 4 is 5.96 Å². The van der Waals surface area contributed by atoms with Crippen LogP contribution in [0.4, 0.5) is 0 Å². The Balaban J connectivity index is 1.66. The van der Waals surface area contributed by atoms with Gasteiger partial charge in [0.1, 0.15) is 0 Å². The Morgan fingerprint density at radius 1 is 1.14 bits per heavy atom. The van der Waals surface area contributed by atoms with Gasteiger partial charge in [0.25, 0.3) is 0 Å². The summed E-state index contributed by atoms with van der Waals surface area (Å²) in [5.41, 5.74) is 0.572. The summed E-state index contributed by atoms with van der Waals surface area (Å²) in [6.07, 6.45) is 4.64. The molecule has 1 saturated heterocycles. The topological polar surface area (TPSA) is 69.1 Å². The second kappa shape index (κ2) is 12.8. The van der Waals surface area contributed by atoms with Crippen molar-refractivity contribution in [1.82, 2.24) is 15.5 Å². The number of morpholine rings is 1. The molecule has 2 rings (SSSR count). The maximum Gasteiger partial charge on any atom is 0.191 e. The third-order valence-corrected chi connectivity index (χ3v) is 4.87. The number of hydrogen-bond donors (Lipinski definition) is 3. The molecule has 1 aliphatic rings. The van der Waals surface area contributed by atoms with Gasteiger partial charge in [-0.25, -0.2) is 0 Å². The van der Waals surface area contributed by atoms with Crippen LogP contribution in [-0.4, -0.2) is 74.0 Å². The standard InChI is InChI=1S/C22H38N4O2/c1-3-23-21(24-13-9-5-8-12-20-10-6-4-7-11-20)25-18-22(2,27)19-26-14-16-28-17-15-26/h4,6-7,10-11,27H,3,5,8-9,12-19H2,1-2H3,(H2,23,24,25). The van der Waals surface area contributed by atoms with Crippen molar-refractivity contribution < 1.29 is 9.84 Å². The predicted octanol–water partition coefficient (Wildman–Crippen LogP) is 2.04. The van der Waals surface area contributed by atoms with Gasteiger partial charge in [0.15, 0.2) is 5.96 Å². The van der Waals surface area contributed by atoms with E-state index in [0.717, 1.165) is 58.2 Å². The van der Waals surface area contributed by atoms with E-state index >= 15 is 0 Å². The second-order valence-corrected chi connectivity index (χ2v) is 7.80. The average molecular weight is 391 g/mol. The minimum absolute atomic E-state index is 0.383. The highest BCUT2D eigenvalue weighted by molar-refractivity contribution is 5.79. The number of hydrogen-bond acceptors (Lipinski definition) is 4. The molecule has 0 aliphatic carbocycles. The number of rotatable bonds is 11. The molecule has 158 valence electrons. The third kappa shape index (κ3) is 9.53.